The van der Waals surface area contributed by atoms with Gasteiger partial charge in [0.2, 0.25) is 5.90 Å². The minimum absolute atomic E-state index is 0.135. The molecule has 0 radical (unpaired) electrons. The second-order valence-electron chi connectivity index (χ2n) is 1.56. The minimum atomic E-state index is 0.135. The van der Waals surface area contributed by atoms with Crippen LogP contribution in [0.2, 0.25) is 0 Å². The highest BCUT2D eigenvalue weighted by Gasteiger charge is 1.85. The van der Waals surface area contributed by atoms with Crippen LogP contribution in [0.25, 0.3) is 0 Å². The molecule has 0 aliphatic heterocycles. The van der Waals surface area contributed by atoms with E-state index in [0.29, 0.717) is 13.2 Å². The molecule has 0 aliphatic carbocycles. The van der Waals surface area contributed by atoms with Crippen LogP contribution in [0.3, 0.4) is 0 Å². The Labute approximate surface area is 61.2 Å². The van der Waals surface area contributed by atoms with Crippen molar-refractivity contribution in [3.05, 3.63) is 12.3 Å². The summed E-state index contributed by atoms with van der Waals surface area (Å²) in [5, 5.41) is 7.08. The summed E-state index contributed by atoms with van der Waals surface area (Å²) in [6, 6.07) is 0. The molecular formula is C7H13NO2. The Hall–Kier alpha value is -0.990. The first-order valence-corrected chi connectivity index (χ1v) is 3.30. The van der Waals surface area contributed by atoms with Crippen LogP contribution in [-0.4, -0.2) is 19.1 Å². The third-order valence-corrected chi connectivity index (χ3v) is 0.782. The van der Waals surface area contributed by atoms with Gasteiger partial charge in [0.25, 0.3) is 0 Å². The molecule has 58 valence electrons. The third-order valence-electron chi connectivity index (χ3n) is 0.782. The zero-order chi connectivity index (χ0) is 7.82. The topological polar surface area (TPSA) is 42.3 Å². The van der Waals surface area contributed by atoms with E-state index in [9.17, 15) is 0 Å². The van der Waals surface area contributed by atoms with Crippen molar-refractivity contribution in [2.24, 2.45) is 0 Å². The number of hydrogen-bond donors (Lipinski definition) is 1. The average molecular weight is 143 g/mol. The van der Waals surface area contributed by atoms with Gasteiger partial charge < -0.3 is 9.47 Å². The van der Waals surface area contributed by atoms with Crippen molar-refractivity contribution in [3.63, 3.8) is 0 Å². The van der Waals surface area contributed by atoms with E-state index in [4.69, 9.17) is 14.9 Å². The summed E-state index contributed by atoms with van der Waals surface area (Å²) in [4.78, 5) is 0. The fourth-order valence-corrected chi connectivity index (χ4v) is 0.410. The van der Waals surface area contributed by atoms with Crippen LogP contribution in [0.4, 0.5) is 0 Å². The van der Waals surface area contributed by atoms with E-state index in [0.717, 1.165) is 0 Å². The predicted molar refractivity (Wildman–Crippen MR) is 40.1 cm³/mol. The second kappa shape index (κ2) is 6.13. The SMILES string of the molecule is CCO/C=C/C(=N)OCC. The van der Waals surface area contributed by atoms with Crippen LogP contribution < -0.4 is 0 Å². The molecule has 0 aromatic rings. The Morgan fingerprint density at radius 3 is 2.60 bits per heavy atom. The van der Waals surface area contributed by atoms with Gasteiger partial charge in [-0.15, -0.1) is 0 Å². The third kappa shape index (κ3) is 5.15. The first kappa shape index (κ1) is 9.01. The van der Waals surface area contributed by atoms with Gasteiger partial charge in [0.1, 0.15) is 0 Å². The number of ether oxygens (including phenoxy) is 2. The Morgan fingerprint density at radius 1 is 1.40 bits per heavy atom. The molecule has 10 heavy (non-hydrogen) atoms. The zero-order valence-electron chi connectivity index (χ0n) is 6.39. The lowest BCUT2D eigenvalue weighted by Crippen LogP contribution is -1.98. The molecule has 3 nitrogen and oxygen atoms in total. The number of rotatable bonds is 4. The van der Waals surface area contributed by atoms with Crippen molar-refractivity contribution in [1.29, 1.82) is 5.41 Å². The molecule has 0 aliphatic rings. The molecule has 0 saturated carbocycles. The molecule has 0 heterocycles. The van der Waals surface area contributed by atoms with Crippen LogP contribution >= 0.6 is 0 Å². The second-order valence-corrected chi connectivity index (χ2v) is 1.56. The van der Waals surface area contributed by atoms with Gasteiger partial charge >= 0.3 is 0 Å². The first-order chi connectivity index (χ1) is 4.81. The molecule has 3 heteroatoms. The lowest BCUT2D eigenvalue weighted by molar-refractivity contribution is 0.267. The van der Waals surface area contributed by atoms with Crippen molar-refractivity contribution in [2.45, 2.75) is 13.8 Å². The number of nitrogens with one attached hydrogen (secondary N) is 1. The van der Waals surface area contributed by atoms with Crippen molar-refractivity contribution in [1.82, 2.24) is 0 Å². The lowest BCUT2D eigenvalue weighted by Gasteiger charge is -1.97. The van der Waals surface area contributed by atoms with Crippen LogP contribution in [0.15, 0.2) is 12.3 Å². The first-order valence-electron chi connectivity index (χ1n) is 3.30. The van der Waals surface area contributed by atoms with E-state index in [-0.39, 0.29) is 5.90 Å². The summed E-state index contributed by atoms with van der Waals surface area (Å²) in [5.41, 5.74) is 0. The Morgan fingerprint density at radius 2 is 2.10 bits per heavy atom. The molecule has 0 rings (SSSR count). The summed E-state index contributed by atoms with van der Waals surface area (Å²) in [6.45, 7) is 4.86. The fourth-order valence-electron chi connectivity index (χ4n) is 0.410. The summed E-state index contributed by atoms with van der Waals surface area (Å²) in [5.74, 6) is 0.135. The highest BCUT2D eigenvalue weighted by molar-refractivity contribution is 5.84. The molecular weight excluding hydrogens is 130 g/mol. The van der Waals surface area contributed by atoms with E-state index < -0.39 is 0 Å². The van der Waals surface area contributed by atoms with Crippen LogP contribution in [0.5, 0.6) is 0 Å². The van der Waals surface area contributed by atoms with E-state index in [1.807, 2.05) is 13.8 Å². The maximum absolute atomic E-state index is 7.08. The molecule has 0 bridgehead atoms. The molecule has 0 unspecified atom stereocenters. The maximum Gasteiger partial charge on any atom is 0.208 e. The Kier molecular flexibility index (Phi) is 5.53. The van der Waals surface area contributed by atoms with Gasteiger partial charge in [0, 0.05) is 6.08 Å². The smallest absolute Gasteiger partial charge is 0.208 e. The molecule has 0 saturated heterocycles. The van der Waals surface area contributed by atoms with Gasteiger partial charge in [0.15, 0.2) is 0 Å². The summed E-state index contributed by atoms with van der Waals surface area (Å²) < 4.78 is 9.65. The number of hydrogen-bond acceptors (Lipinski definition) is 3. The standard InChI is InChI=1S/C7H13NO2/c1-3-9-6-5-7(8)10-4-2/h5-6,8H,3-4H2,1-2H3/b6-5+,8-7?. The summed E-state index contributed by atoms with van der Waals surface area (Å²) in [7, 11) is 0. The fraction of sp³-hybridized carbons (Fsp3) is 0.571. The zero-order valence-corrected chi connectivity index (χ0v) is 6.39. The molecule has 0 spiro atoms. The molecule has 0 aromatic carbocycles. The van der Waals surface area contributed by atoms with Gasteiger partial charge in [-0.3, -0.25) is 5.41 Å². The Bertz CT molecular complexity index is 121. The highest BCUT2D eigenvalue weighted by Crippen LogP contribution is 1.82. The quantitative estimate of drug-likeness (QED) is 0.368. The molecule has 0 amide bonds. The van der Waals surface area contributed by atoms with Crippen molar-refractivity contribution in [3.8, 4) is 0 Å². The highest BCUT2D eigenvalue weighted by atomic mass is 16.5. The normalized spacial score (nSPS) is 9.80. The van der Waals surface area contributed by atoms with Crippen LogP contribution in [0, 0.1) is 5.41 Å². The molecule has 0 aromatic heterocycles. The molecule has 1 N–H and O–H groups in total. The van der Waals surface area contributed by atoms with Crippen LogP contribution in [0.1, 0.15) is 13.8 Å². The van der Waals surface area contributed by atoms with Crippen LogP contribution in [-0.2, 0) is 9.47 Å². The van der Waals surface area contributed by atoms with Crippen molar-refractivity contribution < 1.29 is 9.47 Å². The van der Waals surface area contributed by atoms with E-state index in [1.54, 1.807) is 0 Å². The molecule has 0 fully saturated rings. The van der Waals surface area contributed by atoms with Crippen molar-refractivity contribution >= 4 is 5.90 Å². The van der Waals surface area contributed by atoms with Gasteiger partial charge in [-0.25, -0.2) is 0 Å². The van der Waals surface area contributed by atoms with Crippen molar-refractivity contribution in [2.75, 3.05) is 13.2 Å². The Balaban J connectivity index is 3.36. The predicted octanol–water partition coefficient (Wildman–Crippen LogP) is 1.55. The maximum atomic E-state index is 7.08. The minimum Gasteiger partial charge on any atom is -0.501 e. The summed E-state index contributed by atoms with van der Waals surface area (Å²) >= 11 is 0. The van der Waals surface area contributed by atoms with Gasteiger partial charge in [-0.1, -0.05) is 0 Å². The van der Waals surface area contributed by atoms with E-state index in [1.165, 1.54) is 12.3 Å². The van der Waals surface area contributed by atoms with E-state index in [2.05, 4.69) is 0 Å². The van der Waals surface area contributed by atoms with E-state index >= 15 is 0 Å². The summed E-state index contributed by atoms with van der Waals surface area (Å²) in [6.07, 6.45) is 2.94. The van der Waals surface area contributed by atoms with Gasteiger partial charge in [0.05, 0.1) is 19.5 Å². The largest absolute Gasteiger partial charge is 0.501 e. The lowest BCUT2D eigenvalue weighted by atomic mass is 10.6. The van der Waals surface area contributed by atoms with Gasteiger partial charge in [-0.05, 0) is 13.8 Å². The van der Waals surface area contributed by atoms with Gasteiger partial charge in [-0.2, -0.15) is 0 Å². The average Bonchev–Trinajstić information content (AvgIpc) is 1.89. The monoisotopic (exact) mass is 143 g/mol. The molecule has 0 atom stereocenters.